The molecule has 1 aliphatic heterocycles. The molecule has 3 heteroatoms. The monoisotopic (exact) mass is 238 g/mol. The summed E-state index contributed by atoms with van der Waals surface area (Å²) in [6.07, 6.45) is 2.56. The summed E-state index contributed by atoms with van der Waals surface area (Å²) < 4.78 is 0. The number of aryl methyl sites for hydroxylation is 1. The van der Waals surface area contributed by atoms with E-state index >= 15 is 0 Å². The second-order valence-corrected chi connectivity index (χ2v) is 6.32. The van der Waals surface area contributed by atoms with Gasteiger partial charge in [0.05, 0.1) is 0 Å². The molecular weight excluding hydrogens is 216 g/mol. The summed E-state index contributed by atoms with van der Waals surface area (Å²) in [5.74, 6) is 0. The summed E-state index contributed by atoms with van der Waals surface area (Å²) in [7, 11) is 2.23. The molecule has 90 valence electrons. The molecule has 1 saturated heterocycles. The van der Waals surface area contributed by atoms with Gasteiger partial charge in [-0.05, 0) is 52.4 Å². The molecule has 16 heavy (non-hydrogen) atoms. The summed E-state index contributed by atoms with van der Waals surface area (Å²) in [5, 5.41) is 3.69. The van der Waals surface area contributed by atoms with Crippen molar-refractivity contribution >= 4 is 11.3 Å². The van der Waals surface area contributed by atoms with E-state index in [-0.39, 0.29) is 0 Å². The number of hydrogen-bond acceptors (Lipinski definition) is 3. The molecule has 2 rings (SSSR count). The molecule has 1 aromatic rings. The molecule has 0 spiro atoms. The Morgan fingerprint density at radius 1 is 1.50 bits per heavy atom. The molecule has 0 aromatic carbocycles. The fraction of sp³-hybridized carbons (Fsp3) is 0.692. The maximum Gasteiger partial charge on any atom is 0.0302 e. The molecule has 2 atom stereocenters. The summed E-state index contributed by atoms with van der Waals surface area (Å²) in [4.78, 5) is 5.32. The normalized spacial score (nSPS) is 27.2. The second kappa shape index (κ2) is 5.30. The minimum absolute atomic E-state index is 0.702. The van der Waals surface area contributed by atoms with Crippen molar-refractivity contribution in [2.45, 2.75) is 45.3 Å². The van der Waals surface area contributed by atoms with Gasteiger partial charge in [-0.25, -0.2) is 0 Å². The lowest BCUT2D eigenvalue weighted by Crippen LogP contribution is -2.45. The van der Waals surface area contributed by atoms with E-state index in [0.717, 1.165) is 12.6 Å². The zero-order valence-electron chi connectivity index (χ0n) is 10.5. The number of nitrogens with one attached hydrogen (secondary N) is 1. The summed E-state index contributed by atoms with van der Waals surface area (Å²) in [6.45, 7) is 6.76. The van der Waals surface area contributed by atoms with Crippen molar-refractivity contribution in [1.82, 2.24) is 10.2 Å². The molecule has 1 N–H and O–H groups in total. The smallest absolute Gasteiger partial charge is 0.0302 e. The van der Waals surface area contributed by atoms with Crippen LogP contribution >= 0.6 is 11.3 Å². The van der Waals surface area contributed by atoms with Crippen LogP contribution in [0.15, 0.2) is 12.1 Å². The van der Waals surface area contributed by atoms with Crippen molar-refractivity contribution in [2.75, 3.05) is 13.6 Å². The first kappa shape index (κ1) is 12.1. The Balaban J connectivity index is 1.78. The van der Waals surface area contributed by atoms with Crippen LogP contribution in [0.3, 0.4) is 0 Å². The highest BCUT2D eigenvalue weighted by molar-refractivity contribution is 7.11. The van der Waals surface area contributed by atoms with Gasteiger partial charge in [0.2, 0.25) is 0 Å². The SMILES string of the molecule is Cc1ccc(CNC2CCN(C)C(C)C2)s1. The molecule has 1 fully saturated rings. The van der Waals surface area contributed by atoms with E-state index in [4.69, 9.17) is 0 Å². The number of nitrogens with zero attached hydrogens (tertiary/aromatic N) is 1. The van der Waals surface area contributed by atoms with E-state index in [2.05, 4.69) is 43.2 Å². The summed E-state index contributed by atoms with van der Waals surface area (Å²) in [5.41, 5.74) is 0. The van der Waals surface area contributed by atoms with Crippen molar-refractivity contribution in [3.05, 3.63) is 21.9 Å². The van der Waals surface area contributed by atoms with Gasteiger partial charge in [-0.15, -0.1) is 11.3 Å². The zero-order chi connectivity index (χ0) is 11.5. The highest BCUT2D eigenvalue weighted by atomic mass is 32.1. The number of likely N-dealkylation sites (tertiary alicyclic amines) is 1. The lowest BCUT2D eigenvalue weighted by atomic mass is 9.99. The van der Waals surface area contributed by atoms with Gasteiger partial charge < -0.3 is 10.2 Å². The number of hydrogen-bond donors (Lipinski definition) is 1. The zero-order valence-corrected chi connectivity index (χ0v) is 11.3. The van der Waals surface area contributed by atoms with E-state index in [1.165, 1.54) is 29.1 Å². The van der Waals surface area contributed by atoms with Crippen LogP contribution in [0, 0.1) is 6.92 Å². The Labute approximate surface area is 103 Å². The highest BCUT2D eigenvalue weighted by Gasteiger charge is 2.22. The predicted octanol–water partition coefficient (Wildman–Crippen LogP) is 2.63. The van der Waals surface area contributed by atoms with Gasteiger partial charge in [0.15, 0.2) is 0 Å². The molecule has 0 aliphatic carbocycles. The standard InChI is InChI=1S/C13H22N2S/c1-10-8-12(6-7-15(10)3)14-9-13-5-4-11(2)16-13/h4-5,10,12,14H,6-9H2,1-3H3. The average Bonchev–Trinajstić information content (AvgIpc) is 2.66. The van der Waals surface area contributed by atoms with Crippen LogP contribution < -0.4 is 5.32 Å². The molecule has 0 amide bonds. The molecule has 0 bridgehead atoms. The van der Waals surface area contributed by atoms with Crippen LogP contribution in [0.4, 0.5) is 0 Å². The van der Waals surface area contributed by atoms with Crippen molar-refractivity contribution in [3.63, 3.8) is 0 Å². The number of thiophene rings is 1. The number of rotatable bonds is 3. The molecule has 0 saturated carbocycles. The van der Waals surface area contributed by atoms with Crippen LogP contribution in [0.25, 0.3) is 0 Å². The van der Waals surface area contributed by atoms with Crippen LogP contribution in [0.1, 0.15) is 29.5 Å². The molecule has 2 nitrogen and oxygen atoms in total. The average molecular weight is 238 g/mol. The second-order valence-electron chi connectivity index (χ2n) is 4.94. The van der Waals surface area contributed by atoms with Crippen molar-refractivity contribution in [1.29, 1.82) is 0 Å². The van der Waals surface area contributed by atoms with Gasteiger partial charge in [0, 0.05) is 28.4 Å². The lowest BCUT2D eigenvalue weighted by Gasteiger charge is -2.35. The molecule has 1 aromatic heterocycles. The van der Waals surface area contributed by atoms with Gasteiger partial charge in [-0.1, -0.05) is 0 Å². The quantitative estimate of drug-likeness (QED) is 0.871. The Kier molecular flexibility index (Phi) is 4.00. The Bertz CT molecular complexity index is 334. The maximum atomic E-state index is 3.69. The Morgan fingerprint density at radius 2 is 2.31 bits per heavy atom. The van der Waals surface area contributed by atoms with Gasteiger partial charge in [-0.2, -0.15) is 0 Å². The van der Waals surface area contributed by atoms with E-state index in [1.54, 1.807) is 0 Å². The third-order valence-corrected chi connectivity index (χ3v) is 4.57. The Hall–Kier alpha value is -0.380. The van der Waals surface area contributed by atoms with Crippen LogP contribution in [-0.4, -0.2) is 30.6 Å². The minimum Gasteiger partial charge on any atom is -0.309 e. The van der Waals surface area contributed by atoms with E-state index in [0.29, 0.717) is 6.04 Å². The third kappa shape index (κ3) is 3.06. The van der Waals surface area contributed by atoms with Crippen LogP contribution in [-0.2, 0) is 6.54 Å². The molecule has 1 aliphatic rings. The fourth-order valence-corrected chi connectivity index (χ4v) is 3.14. The maximum absolute atomic E-state index is 3.69. The fourth-order valence-electron chi connectivity index (χ4n) is 2.30. The molecule has 0 radical (unpaired) electrons. The van der Waals surface area contributed by atoms with Crippen molar-refractivity contribution < 1.29 is 0 Å². The van der Waals surface area contributed by atoms with Gasteiger partial charge in [0.25, 0.3) is 0 Å². The van der Waals surface area contributed by atoms with Gasteiger partial charge in [0.1, 0.15) is 0 Å². The minimum atomic E-state index is 0.702. The van der Waals surface area contributed by atoms with E-state index in [1.807, 2.05) is 11.3 Å². The first-order valence-corrected chi connectivity index (χ1v) is 6.95. The topological polar surface area (TPSA) is 15.3 Å². The highest BCUT2D eigenvalue weighted by Crippen LogP contribution is 2.18. The van der Waals surface area contributed by atoms with Gasteiger partial charge in [-0.3, -0.25) is 0 Å². The van der Waals surface area contributed by atoms with Gasteiger partial charge >= 0.3 is 0 Å². The first-order chi connectivity index (χ1) is 7.65. The predicted molar refractivity (Wildman–Crippen MR) is 71.0 cm³/mol. The number of piperidine rings is 1. The largest absolute Gasteiger partial charge is 0.309 e. The molecule has 2 heterocycles. The summed E-state index contributed by atoms with van der Waals surface area (Å²) >= 11 is 1.90. The van der Waals surface area contributed by atoms with Crippen molar-refractivity contribution in [3.8, 4) is 0 Å². The molecule has 2 unspecified atom stereocenters. The summed E-state index contributed by atoms with van der Waals surface area (Å²) in [6, 6.07) is 5.87. The third-order valence-electron chi connectivity index (χ3n) is 3.57. The van der Waals surface area contributed by atoms with E-state index in [9.17, 15) is 0 Å². The van der Waals surface area contributed by atoms with E-state index < -0.39 is 0 Å². The Morgan fingerprint density at radius 3 is 2.94 bits per heavy atom. The lowest BCUT2D eigenvalue weighted by molar-refractivity contribution is 0.168. The molecular formula is C13H22N2S. The van der Waals surface area contributed by atoms with Crippen LogP contribution in [0.2, 0.25) is 0 Å². The van der Waals surface area contributed by atoms with Crippen LogP contribution in [0.5, 0.6) is 0 Å². The first-order valence-electron chi connectivity index (χ1n) is 6.14. The van der Waals surface area contributed by atoms with Crippen molar-refractivity contribution in [2.24, 2.45) is 0 Å².